The van der Waals surface area contributed by atoms with Crippen molar-refractivity contribution in [2.45, 2.75) is 31.7 Å². The van der Waals surface area contributed by atoms with E-state index in [4.69, 9.17) is 28.9 Å². The van der Waals surface area contributed by atoms with Gasteiger partial charge in [0.25, 0.3) is 0 Å². The molecule has 0 aromatic heterocycles. The Bertz CT molecular complexity index is 968. The van der Waals surface area contributed by atoms with Gasteiger partial charge < -0.3 is 15.5 Å². The first-order valence-corrected chi connectivity index (χ1v) is 11.2. The Morgan fingerprint density at radius 2 is 1.61 bits per heavy atom. The molecule has 0 saturated carbocycles. The van der Waals surface area contributed by atoms with Crippen molar-refractivity contribution in [3.63, 3.8) is 0 Å². The first kappa shape index (κ1) is 21.9. The zero-order valence-corrected chi connectivity index (χ0v) is 18.5. The molecule has 2 N–H and O–H groups in total. The first-order chi connectivity index (χ1) is 14.8. The van der Waals surface area contributed by atoms with E-state index < -0.39 is 6.03 Å². The Morgan fingerprint density at radius 1 is 1.00 bits per heavy atom. The van der Waals surface area contributed by atoms with Gasteiger partial charge in [-0.25, -0.2) is 9.18 Å². The minimum Gasteiger partial charge on any atom is -0.351 e. The van der Waals surface area contributed by atoms with Gasteiger partial charge in [0.1, 0.15) is 5.82 Å². The molecule has 0 radical (unpaired) electrons. The third kappa shape index (κ3) is 4.65. The van der Waals surface area contributed by atoms with Crippen LogP contribution >= 0.6 is 23.2 Å². The van der Waals surface area contributed by atoms with E-state index in [2.05, 4.69) is 0 Å². The van der Waals surface area contributed by atoms with Crippen LogP contribution in [0.25, 0.3) is 11.1 Å². The number of carbonyl (C=O) groups excluding carboxylic acids is 2. The van der Waals surface area contributed by atoms with Gasteiger partial charge in [-0.1, -0.05) is 35.3 Å². The van der Waals surface area contributed by atoms with Gasteiger partial charge in [-0.2, -0.15) is 0 Å². The average Bonchev–Trinajstić information content (AvgIpc) is 3.11. The summed E-state index contributed by atoms with van der Waals surface area (Å²) in [7, 11) is 0. The number of piperidine rings is 1. The largest absolute Gasteiger partial charge is 0.351 e. The fraction of sp³-hybridized carbons (Fsp3) is 0.391. The molecular weight excluding hydrogens is 440 g/mol. The topological polar surface area (TPSA) is 66.6 Å². The lowest BCUT2D eigenvalue weighted by Crippen LogP contribution is -2.49. The van der Waals surface area contributed by atoms with Crippen LogP contribution in [0.3, 0.4) is 0 Å². The number of hydrogen-bond acceptors (Lipinski definition) is 2. The van der Waals surface area contributed by atoms with Crippen molar-refractivity contribution in [1.82, 2.24) is 9.80 Å². The number of amides is 3. The fourth-order valence-electron chi connectivity index (χ4n) is 4.57. The summed E-state index contributed by atoms with van der Waals surface area (Å²) >= 11 is 13.1. The quantitative estimate of drug-likeness (QED) is 0.711. The molecule has 4 rings (SSSR count). The third-order valence-corrected chi connectivity index (χ3v) is 7.01. The molecule has 1 atom stereocenters. The second-order valence-electron chi connectivity index (χ2n) is 8.20. The van der Waals surface area contributed by atoms with Gasteiger partial charge in [0.2, 0.25) is 5.91 Å². The minimum absolute atomic E-state index is 0.118. The highest BCUT2D eigenvalue weighted by Crippen LogP contribution is 2.36. The van der Waals surface area contributed by atoms with Crippen LogP contribution in [0.15, 0.2) is 36.4 Å². The number of rotatable bonds is 4. The van der Waals surface area contributed by atoms with Crippen molar-refractivity contribution >= 4 is 35.1 Å². The van der Waals surface area contributed by atoms with Crippen LogP contribution in [0.2, 0.25) is 10.0 Å². The Labute approximate surface area is 190 Å². The monoisotopic (exact) mass is 463 g/mol. The van der Waals surface area contributed by atoms with Crippen molar-refractivity contribution in [2.75, 3.05) is 19.6 Å². The van der Waals surface area contributed by atoms with Gasteiger partial charge in [-0.3, -0.25) is 4.79 Å². The van der Waals surface area contributed by atoms with E-state index in [-0.39, 0.29) is 23.7 Å². The lowest BCUT2D eigenvalue weighted by atomic mass is 9.95. The fourth-order valence-corrected chi connectivity index (χ4v) is 5.21. The lowest BCUT2D eigenvalue weighted by Gasteiger charge is -2.36. The van der Waals surface area contributed by atoms with Gasteiger partial charge >= 0.3 is 6.03 Å². The number of halogens is 3. The summed E-state index contributed by atoms with van der Waals surface area (Å²) < 4.78 is 13.2. The number of hydrogen-bond donors (Lipinski definition) is 1. The second-order valence-corrected chi connectivity index (χ2v) is 9.02. The molecule has 31 heavy (non-hydrogen) atoms. The molecule has 2 heterocycles. The molecular formula is C23H24Cl2FN3O2. The van der Waals surface area contributed by atoms with Gasteiger partial charge in [-0.15, -0.1) is 0 Å². The van der Waals surface area contributed by atoms with Crippen LogP contribution in [0.4, 0.5) is 9.18 Å². The smallest absolute Gasteiger partial charge is 0.314 e. The molecule has 0 unspecified atom stereocenters. The highest BCUT2D eigenvalue weighted by molar-refractivity contribution is 6.36. The summed E-state index contributed by atoms with van der Waals surface area (Å²) in [6.45, 7) is 1.86. The maximum atomic E-state index is 13.2. The second kappa shape index (κ2) is 9.05. The van der Waals surface area contributed by atoms with Gasteiger partial charge in [0.05, 0.1) is 0 Å². The number of carbonyl (C=O) groups is 2. The first-order valence-electron chi connectivity index (χ1n) is 10.4. The van der Waals surface area contributed by atoms with Gasteiger partial charge in [0.15, 0.2) is 0 Å². The van der Waals surface area contributed by atoms with E-state index in [1.54, 1.807) is 17.0 Å². The normalized spacial score (nSPS) is 19.8. The minimum atomic E-state index is -0.405. The van der Waals surface area contributed by atoms with Crippen LogP contribution in [0.5, 0.6) is 0 Å². The van der Waals surface area contributed by atoms with Crippen molar-refractivity contribution in [1.29, 1.82) is 0 Å². The van der Waals surface area contributed by atoms with Gasteiger partial charge in [0, 0.05) is 41.6 Å². The number of benzene rings is 2. The molecule has 5 nitrogen and oxygen atoms in total. The molecule has 0 aliphatic carbocycles. The van der Waals surface area contributed by atoms with E-state index in [1.807, 2.05) is 17.0 Å². The molecule has 2 aromatic carbocycles. The predicted octanol–water partition coefficient (Wildman–Crippen LogP) is 4.73. The predicted molar refractivity (Wildman–Crippen MR) is 120 cm³/mol. The summed E-state index contributed by atoms with van der Waals surface area (Å²) in [6.07, 6.45) is 2.72. The van der Waals surface area contributed by atoms with E-state index in [0.29, 0.717) is 36.1 Å². The highest BCUT2D eigenvalue weighted by Gasteiger charge is 2.37. The number of nitrogens with two attached hydrogens (primary N) is 1. The summed E-state index contributed by atoms with van der Waals surface area (Å²) in [5.74, 6) is -0.352. The third-order valence-electron chi connectivity index (χ3n) is 6.34. The Balaban J connectivity index is 1.44. The van der Waals surface area contributed by atoms with E-state index in [0.717, 1.165) is 36.0 Å². The van der Waals surface area contributed by atoms with E-state index >= 15 is 0 Å². The van der Waals surface area contributed by atoms with Crippen LogP contribution in [-0.2, 0) is 11.2 Å². The molecule has 2 aliphatic heterocycles. The SMILES string of the molecule is NC(=O)N1CCC(N2CC[C@@H](Cc3c(Cl)cc(-c4ccc(F)cc4)cc3Cl)C2=O)CC1. The van der Waals surface area contributed by atoms with Gasteiger partial charge in [-0.05, 0) is 66.6 Å². The summed E-state index contributed by atoms with van der Waals surface area (Å²) in [4.78, 5) is 28.0. The van der Waals surface area contributed by atoms with E-state index in [1.165, 1.54) is 12.1 Å². The van der Waals surface area contributed by atoms with Crippen molar-refractivity contribution in [2.24, 2.45) is 11.7 Å². The Morgan fingerprint density at radius 3 is 2.19 bits per heavy atom. The molecule has 0 spiro atoms. The van der Waals surface area contributed by atoms with Crippen molar-refractivity contribution in [3.8, 4) is 11.1 Å². The van der Waals surface area contributed by atoms with Crippen molar-refractivity contribution < 1.29 is 14.0 Å². The maximum absolute atomic E-state index is 13.2. The van der Waals surface area contributed by atoms with Crippen LogP contribution < -0.4 is 5.73 Å². The van der Waals surface area contributed by atoms with Crippen LogP contribution in [-0.4, -0.2) is 47.4 Å². The highest BCUT2D eigenvalue weighted by atomic mass is 35.5. The van der Waals surface area contributed by atoms with Crippen LogP contribution in [0.1, 0.15) is 24.8 Å². The molecule has 164 valence electrons. The molecule has 2 aromatic rings. The van der Waals surface area contributed by atoms with Crippen LogP contribution in [0, 0.1) is 11.7 Å². The zero-order valence-electron chi connectivity index (χ0n) is 17.0. The molecule has 0 bridgehead atoms. The molecule has 3 amide bonds. The maximum Gasteiger partial charge on any atom is 0.314 e. The average molecular weight is 464 g/mol. The Kier molecular flexibility index (Phi) is 6.39. The lowest BCUT2D eigenvalue weighted by molar-refractivity contribution is -0.133. The number of likely N-dealkylation sites (tertiary alicyclic amines) is 2. The molecule has 2 fully saturated rings. The zero-order chi connectivity index (χ0) is 22.1. The Hall–Kier alpha value is -2.31. The number of nitrogens with zero attached hydrogens (tertiary/aromatic N) is 2. The number of primary amides is 1. The van der Waals surface area contributed by atoms with Crippen molar-refractivity contribution in [3.05, 3.63) is 57.8 Å². The van der Waals surface area contributed by atoms with E-state index in [9.17, 15) is 14.0 Å². The summed E-state index contributed by atoms with van der Waals surface area (Å²) in [6, 6.07) is 9.50. The molecule has 2 saturated heterocycles. The summed E-state index contributed by atoms with van der Waals surface area (Å²) in [5.41, 5.74) is 7.74. The standard InChI is InChI=1S/C23H24Cl2FN3O2/c24-20-12-16(14-1-3-17(26)4-2-14)13-21(25)19(20)11-15-5-10-29(22(15)30)18-6-8-28(9-7-18)23(27)31/h1-4,12-13,15,18H,5-11H2,(H2,27,31)/t15-/m0/s1. The number of urea groups is 1. The molecule has 2 aliphatic rings. The molecule has 8 heteroatoms. The summed E-state index contributed by atoms with van der Waals surface area (Å²) in [5, 5.41) is 1.01.